The van der Waals surface area contributed by atoms with Crippen LogP contribution in [-0.2, 0) is 10.9 Å². The first-order chi connectivity index (χ1) is 16.1. The van der Waals surface area contributed by atoms with Crippen molar-refractivity contribution < 1.29 is 27.4 Å². The van der Waals surface area contributed by atoms with Gasteiger partial charge in [-0.05, 0) is 50.1 Å². The van der Waals surface area contributed by atoms with Gasteiger partial charge in [0.25, 0.3) is 0 Å². The highest BCUT2D eigenvalue weighted by atomic mass is 19.4. The van der Waals surface area contributed by atoms with Gasteiger partial charge in [0.1, 0.15) is 24.4 Å². The second-order valence-corrected chi connectivity index (χ2v) is 8.26. The van der Waals surface area contributed by atoms with Crippen LogP contribution in [0.5, 0.6) is 11.5 Å². The molecule has 0 fully saturated rings. The molecule has 2 atom stereocenters. The van der Waals surface area contributed by atoms with E-state index in [0.29, 0.717) is 59.4 Å². The minimum atomic E-state index is -4.49. The second-order valence-electron chi connectivity index (χ2n) is 8.26. The van der Waals surface area contributed by atoms with Gasteiger partial charge >= 0.3 is 6.18 Å². The molecule has 3 aromatic rings. The van der Waals surface area contributed by atoms with Gasteiger partial charge in [-0.1, -0.05) is 6.92 Å². The predicted molar refractivity (Wildman–Crippen MR) is 123 cm³/mol. The summed E-state index contributed by atoms with van der Waals surface area (Å²) in [6.45, 7) is 6.76. The third-order valence-corrected chi connectivity index (χ3v) is 5.57. The molecular formula is C24H27F3N4O3. The summed E-state index contributed by atoms with van der Waals surface area (Å²) in [5.41, 5.74) is 6.01. The predicted octanol–water partition coefficient (Wildman–Crippen LogP) is 5.28. The number of aromatic nitrogens is 2. The minimum absolute atomic E-state index is 0.0397. The molecule has 1 aliphatic heterocycles. The van der Waals surface area contributed by atoms with Crippen LogP contribution in [0.1, 0.15) is 43.3 Å². The Kier molecular flexibility index (Phi) is 6.70. The van der Waals surface area contributed by atoms with Gasteiger partial charge in [0.05, 0.1) is 30.3 Å². The van der Waals surface area contributed by atoms with Crippen molar-refractivity contribution in [3.63, 3.8) is 0 Å². The van der Waals surface area contributed by atoms with Crippen LogP contribution in [0, 0.1) is 6.92 Å². The number of benzene rings is 2. The summed E-state index contributed by atoms with van der Waals surface area (Å²) < 4.78 is 57.4. The van der Waals surface area contributed by atoms with Gasteiger partial charge in [-0.3, -0.25) is 0 Å². The molecule has 0 aliphatic carbocycles. The number of nitrogens with two attached hydrogens (primary N) is 1. The van der Waals surface area contributed by atoms with Crippen LogP contribution in [0.15, 0.2) is 30.3 Å². The maximum Gasteiger partial charge on any atom is 0.416 e. The molecule has 0 spiro atoms. The lowest BCUT2D eigenvalue weighted by Crippen LogP contribution is -2.22. The molecule has 0 amide bonds. The van der Waals surface area contributed by atoms with Crippen LogP contribution in [0.4, 0.5) is 24.7 Å². The van der Waals surface area contributed by atoms with Crippen molar-refractivity contribution in [2.24, 2.45) is 0 Å². The number of nitrogens with one attached hydrogen (secondary N) is 1. The van der Waals surface area contributed by atoms with Gasteiger partial charge in [-0.25, -0.2) is 9.97 Å². The normalized spacial score (nSPS) is 17.5. The molecule has 7 nitrogen and oxygen atoms in total. The summed E-state index contributed by atoms with van der Waals surface area (Å²) in [6, 6.07) is 6.60. The summed E-state index contributed by atoms with van der Waals surface area (Å²) >= 11 is 0. The van der Waals surface area contributed by atoms with E-state index >= 15 is 0 Å². The topological polar surface area (TPSA) is 91.5 Å². The number of nitrogen functional groups attached to an aromatic ring is 1. The molecule has 0 bridgehead atoms. The first-order valence-corrected chi connectivity index (χ1v) is 11.1. The molecule has 4 rings (SSSR count). The number of fused-ring (bicyclic) bond motifs is 2. The minimum Gasteiger partial charge on any atom is -0.487 e. The van der Waals surface area contributed by atoms with Crippen LogP contribution in [0.3, 0.4) is 0 Å². The molecular weight excluding hydrogens is 449 g/mol. The number of anilines is 2. The van der Waals surface area contributed by atoms with Crippen LogP contribution in [0.2, 0.25) is 0 Å². The van der Waals surface area contributed by atoms with Gasteiger partial charge in [0.2, 0.25) is 0 Å². The lowest BCUT2D eigenvalue weighted by molar-refractivity contribution is -0.137. The monoisotopic (exact) mass is 476 g/mol. The second kappa shape index (κ2) is 9.54. The van der Waals surface area contributed by atoms with Crippen molar-refractivity contribution in [1.82, 2.24) is 9.97 Å². The number of rotatable bonds is 4. The van der Waals surface area contributed by atoms with Gasteiger partial charge in [0, 0.05) is 17.1 Å². The first-order valence-electron chi connectivity index (χ1n) is 11.1. The zero-order valence-corrected chi connectivity index (χ0v) is 19.2. The Morgan fingerprint density at radius 1 is 1.12 bits per heavy atom. The first kappa shape index (κ1) is 23.9. The third kappa shape index (κ3) is 5.27. The summed E-state index contributed by atoms with van der Waals surface area (Å²) in [7, 11) is 0. The Bertz CT molecular complexity index is 1190. The fraction of sp³-hybridized carbons (Fsp3) is 0.417. The fourth-order valence-electron chi connectivity index (χ4n) is 3.79. The molecule has 1 aromatic heterocycles. The van der Waals surface area contributed by atoms with E-state index in [2.05, 4.69) is 15.3 Å². The molecule has 2 aromatic carbocycles. The molecule has 0 radical (unpaired) electrons. The van der Waals surface area contributed by atoms with Gasteiger partial charge < -0.3 is 25.3 Å². The standard InChI is InChI=1S/C24H27F3N4O3/c1-4-18-12-32-5-6-33-21-10-19-20(11-22(21)34-18)30-14(3)31-23(19)29-13(2)15-7-16(24(25,26)27)9-17(28)8-15/h7-11,13,18H,4-6,12,28H2,1-3H3,(H,29,30,31)/t13-,18?/m1/s1. The largest absolute Gasteiger partial charge is 0.487 e. The van der Waals surface area contributed by atoms with Crippen molar-refractivity contribution in [1.29, 1.82) is 0 Å². The summed E-state index contributed by atoms with van der Waals surface area (Å²) in [6.07, 6.45) is -3.84. The lowest BCUT2D eigenvalue weighted by atomic mass is 10.0. The molecule has 10 heteroatoms. The van der Waals surface area contributed by atoms with E-state index < -0.39 is 17.8 Å². The smallest absolute Gasteiger partial charge is 0.416 e. The summed E-state index contributed by atoms with van der Waals surface area (Å²) in [5, 5.41) is 3.88. The average Bonchev–Trinajstić information content (AvgIpc) is 2.86. The molecule has 3 N–H and O–H groups in total. The molecule has 1 unspecified atom stereocenters. The number of hydrogen-bond acceptors (Lipinski definition) is 7. The molecule has 2 heterocycles. The van der Waals surface area contributed by atoms with Crippen molar-refractivity contribution in [3.05, 3.63) is 47.3 Å². The number of alkyl halides is 3. The SMILES string of the molecule is CCC1COCCOc2cc3c(N[C@H](C)c4cc(N)cc(C(F)(F)F)c4)nc(C)nc3cc2O1. The number of halogens is 3. The Labute approximate surface area is 195 Å². The van der Waals surface area contributed by atoms with Crippen LogP contribution < -0.4 is 20.5 Å². The summed E-state index contributed by atoms with van der Waals surface area (Å²) in [4.78, 5) is 9.03. The van der Waals surface area contributed by atoms with Crippen LogP contribution >= 0.6 is 0 Å². The zero-order chi connectivity index (χ0) is 24.5. The Hall–Kier alpha value is -3.27. The van der Waals surface area contributed by atoms with Gasteiger partial charge in [0.15, 0.2) is 11.5 Å². The number of nitrogens with zero attached hydrogens (tertiary/aromatic N) is 2. The van der Waals surface area contributed by atoms with E-state index in [1.54, 1.807) is 26.0 Å². The van der Waals surface area contributed by atoms with E-state index in [9.17, 15) is 13.2 Å². The van der Waals surface area contributed by atoms with Gasteiger partial charge in [-0.2, -0.15) is 13.2 Å². The average molecular weight is 476 g/mol. The van der Waals surface area contributed by atoms with Crippen molar-refractivity contribution in [2.45, 2.75) is 45.5 Å². The Morgan fingerprint density at radius 2 is 1.91 bits per heavy atom. The van der Waals surface area contributed by atoms with Crippen LogP contribution in [-0.4, -0.2) is 35.9 Å². The van der Waals surface area contributed by atoms with E-state index in [-0.39, 0.29) is 11.8 Å². The summed E-state index contributed by atoms with van der Waals surface area (Å²) in [5.74, 6) is 2.07. The van der Waals surface area contributed by atoms with E-state index in [1.807, 2.05) is 6.92 Å². The Balaban J connectivity index is 1.73. The zero-order valence-electron chi connectivity index (χ0n) is 19.2. The highest BCUT2D eigenvalue weighted by Gasteiger charge is 2.31. The van der Waals surface area contributed by atoms with E-state index in [4.69, 9.17) is 19.9 Å². The molecule has 0 saturated carbocycles. The molecule has 182 valence electrons. The maximum absolute atomic E-state index is 13.3. The highest BCUT2D eigenvalue weighted by molar-refractivity contribution is 5.92. The molecule has 1 aliphatic rings. The quantitative estimate of drug-likeness (QED) is 0.495. The number of hydrogen-bond donors (Lipinski definition) is 2. The van der Waals surface area contributed by atoms with Gasteiger partial charge in [-0.15, -0.1) is 0 Å². The van der Waals surface area contributed by atoms with Crippen molar-refractivity contribution in [2.75, 3.05) is 30.9 Å². The molecule has 0 saturated heterocycles. The maximum atomic E-state index is 13.3. The van der Waals surface area contributed by atoms with E-state index in [1.165, 1.54) is 6.07 Å². The van der Waals surface area contributed by atoms with Crippen molar-refractivity contribution in [3.8, 4) is 11.5 Å². The van der Waals surface area contributed by atoms with Crippen molar-refractivity contribution >= 4 is 22.4 Å². The number of aryl methyl sites for hydroxylation is 1. The lowest BCUT2D eigenvalue weighted by Gasteiger charge is -2.20. The number of ether oxygens (including phenoxy) is 3. The van der Waals surface area contributed by atoms with E-state index in [0.717, 1.165) is 18.6 Å². The highest BCUT2D eigenvalue weighted by Crippen LogP contribution is 2.37. The third-order valence-electron chi connectivity index (χ3n) is 5.57. The molecule has 34 heavy (non-hydrogen) atoms. The van der Waals surface area contributed by atoms with Crippen LogP contribution in [0.25, 0.3) is 10.9 Å². The Morgan fingerprint density at radius 3 is 2.65 bits per heavy atom. The fourth-order valence-corrected chi connectivity index (χ4v) is 3.79.